The third-order valence-corrected chi connectivity index (χ3v) is 8.74. The van der Waals surface area contributed by atoms with Crippen molar-refractivity contribution in [2.24, 2.45) is 0 Å². The average molecular weight is 551 g/mol. The van der Waals surface area contributed by atoms with Gasteiger partial charge in [-0.15, -0.1) is 0 Å². The molecule has 3 heteroatoms. The Morgan fingerprint density at radius 2 is 1.33 bits per heavy atom. The van der Waals surface area contributed by atoms with Gasteiger partial charge in [-0.1, -0.05) is 121 Å². The lowest BCUT2D eigenvalue weighted by molar-refractivity contribution is 0.669. The van der Waals surface area contributed by atoms with Crippen LogP contribution in [0.2, 0.25) is 0 Å². The van der Waals surface area contributed by atoms with E-state index < -0.39 is 0 Å². The minimum Gasteiger partial charge on any atom is -0.455 e. The molecule has 0 saturated heterocycles. The van der Waals surface area contributed by atoms with Crippen molar-refractivity contribution in [1.29, 1.82) is 0 Å². The first-order valence-corrected chi connectivity index (χ1v) is 14.7. The van der Waals surface area contributed by atoms with E-state index in [9.17, 15) is 0 Å². The predicted molar refractivity (Wildman–Crippen MR) is 177 cm³/mol. The number of aromatic nitrogens is 1. The summed E-state index contributed by atoms with van der Waals surface area (Å²) >= 11 is 0. The summed E-state index contributed by atoms with van der Waals surface area (Å²) in [5.41, 5.74) is 12.1. The van der Waals surface area contributed by atoms with Crippen LogP contribution in [0.15, 0.2) is 150 Å². The molecule has 202 valence electrons. The van der Waals surface area contributed by atoms with Gasteiger partial charge in [0.25, 0.3) is 0 Å². The fraction of sp³-hybridized carbons (Fsp3) is 0.0250. The van der Waals surface area contributed by atoms with Crippen molar-refractivity contribution in [2.45, 2.75) is 6.04 Å². The van der Waals surface area contributed by atoms with E-state index in [1.165, 1.54) is 27.6 Å². The summed E-state index contributed by atoms with van der Waals surface area (Å²) in [7, 11) is 0. The van der Waals surface area contributed by atoms with Crippen LogP contribution in [0.25, 0.3) is 66.2 Å². The molecule has 3 heterocycles. The molecule has 0 saturated carbocycles. The third kappa shape index (κ3) is 3.79. The van der Waals surface area contributed by atoms with Gasteiger partial charge in [-0.05, 0) is 40.3 Å². The van der Waals surface area contributed by atoms with Crippen LogP contribution >= 0.6 is 0 Å². The molecule has 0 bridgehead atoms. The number of hydrogen-bond acceptors (Lipinski definition) is 3. The highest BCUT2D eigenvalue weighted by Gasteiger charge is 2.29. The number of anilines is 1. The van der Waals surface area contributed by atoms with Gasteiger partial charge >= 0.3 is 0 Å². The van der Waals surface area contributed by atoms with E-state index in [2.05, 4.69) is 127 Å². The third-order valence-electron chi connectivity index (χ3n) is 8.74. The minimum atomic E-state index is 0.0388. The Hall–Kier alpha value is -5.67. The van der Waals surface area contributed by atoms with Gasteiger partial charge in [0.1, 0.15) is 11.2 Å². The van der Waals surface area contributed by atoms with Crippen LogP contribution < -0.4 is 5.32 Å². The van der Waals surface area contributed by atoms with Crippen LogP contribution in [0.3, 0.4) is 0 Å². The Morgan fingerprint density at radius 1 is 0.558 bits per heavy atom. The number of nitrogens with one attached hydrogen (secondary N) is 1. The molecular formula is C40H26N2O. The van der Waals surface area contributed by atoms with Crippen molar-refractivity contribution in [3.63, 3.8) is 0 Å². The number of furan rings is 1. The molecule has 0 amide bonds. The maximum atomic E-state index is 6.92. The highest BCUT2D eigenvalue weighted by molar-refractivity contribution is 6.15. The van der Waals surface area contributed by atoms with Crippen LogP contribution in [0.4, 0.5) is 5.69 Å². The Bertz CT molecular complexity index is 2320. The molecule has 1 aliphatic heterocycles. The van der Waals surface area contributed by atoms with Crippen LogP contribution in [-0.2, 0) is 0 Å². The molecule has 2 aromatic heterocycles. The number of fused-ring (bicyclic) bond motifs is 8. The molecule has 43 heavy (non-hydrogen) atoms. The summed E-state index contributed by atoms with van der Waals surface area (Å²) in [6.07, 6.45) is 1.98. The van der Waals surface area contributed by atoms with E-state index in [0.29, 0.717) is 0 Å². The van der Waals surface area contributed by atoms with Crippen molar-refractivity contribution in [2.75, 3.05) is 5.32 Å². The molecule has 9 rings (SSSR count). The fourth-order valence-electron chi connectivity index (χ4n) is 6.67. The van der Waals surface area contributed by atoms with E-state index in [1.54, 1.807) is 0 Å². The van der Waals surface area contributed by atoms with Gasteiger partial charge in [0.05, 0.1) is 11.7 Å². The summed E-state index contributed by atoms with van der Waals surface area (Å²) < 4.78 is 6.92. The van der Waals surface area contributed by atoms with Crippen molar-refractivity contribution >= 4 is 38.4 Å². The number of pyridine rings is 1. The number of para-hydroxylation sites is 2. The zero-order valence-electron chi connectivity index (χ0n) is 23.3. The number of benzene rings is 6. The van der Waals surface area contributed by atoms with E-state index in [-0.39, 0.29) is 6.04 Å². The lowest BCUT2D eigenvalue weighted by Crippen LogP contribution is -2.18. The molecule has 0 spiro atoms. The van der Waals surface area contributed by atoms with E-state index in [4.69, 9.17) is 9.40 Å². The zero-order chi connectivity index (χ0) is 28.3. The Morgan fingerprint density at radius 3 is 2.21 bits per heavy atom. The fourth-order valence-corrected chi connectivity index (χ4v) is 6.67. The molecule has 0 aliphatic carbocycles. The number of rotatable bonds is 3. The molecule has 1 unspecified atom stereocenters. The summed E-state index contributed by atoms with van der Waals surface area (Å²) in [6.45, 7) is 0. The minimum absolute atomic E-state index is 0.0388. The largest absolute Gasteiger partial charge is 0.455 e. The predicted octanol–water partition coefficient (Wildman–Crippen LogP) is 10.7. The normalized spacial score (nSPS) is 14.0. The lowest BCUT2D eigenvalue weighted by Gasteiger charge is -2.30. The first kappa shape index (κ1) is 24.0. The highest BCUT2D eigenvalue weighted by atomic mass is 16.3. The first-order valence-electron chi connectivity index (χ1n) is 14.7. The maximum Gasteiger partial charge on any atom is 0.143 e. The Kier molecular flexibility index (Phi) is 5.26. The summed E-state index contributed by atoms with van der Waals surface area (Å²) in [5, 5.41) is 8.32. The first-order chi connectivity index (χ1) is 21.3. The van der Waals surface area contributed by atoms with Crippen LogP contribution in [0.1, 0.15) is 17.2 Å². The second-order valence-electron chi connectivity index (χ2n) is 11.2. The van der Waals surface area contributed by atoms with Crippen molar-refractivity contribution < 1.29 is 4.42 Å². The van der Waals surface area contributed by atoms with E-state index in [1.807, 2.05) is 24.4 Å². The standard InChI is InChI=1S/C40H26N2O/c1-3-10-25(11-4-1)36-23-27-18-19-28(22-29(27)24-41-36)30-15-9-16-31-32-20-21-34-37(40(32)43-39(30)31)33-14-7-8-17-35(33)42-38(34)26-12-5-2-6-13-26/h1-24,38,42H. The number of hydrogen-bond donors (Lipinski definition) is 1. The second-order valence-corrected chi connectivity index (χ2v) is 11.2. The molecule has 1 atom stereocenters. The monoisotopic (exact) mass is 550 g/mol. The van der Waals surface area contributed by atoms with Crippen molar-refractivity contribution in [1.82, 2.24) is 4.98 Å². The highest BCUT2D eigenvalue weighted by Crippen LogP contribution is 2.49. The van der Waals surface area contributed by atoms with Crippen LogP contribution in [0.5, 0.6) is 0 Å². The molecular weight excluding hydrogens is 524 g/mol. The van der Waals surface area contributed by atoms with Gasteiger partial charge in [0, 0.05) is 50.3 Å². The lowest BCUT2D eigenvalue weighted by atomic mass is 9.85. The van der Waals surface area contributed by atoms with Gasteiger partial charge < -0.3 is 9.73 Å². The second kappa shape index (κ2) is 9.43. The number of nitrogens with zero attached hydrogens (tertiary/aromatic N) is 1. The van der Waals surface area contributed by atoms with Gasteiger partial charge in [-0.25, -0.2) is 0 Å². The topological polar surface area (TPSA) is 38.1 Å². The van der Waals surface area contributed by atoms with Gasteiger partial charge in [-0.3, -0.25) is 4.98 Å². The SMILES string of the molecule is c1ccc(-c2cc3ccc(-c4cccc5c4oc4c6c(ccc45)C(c4ccccc4)Nc4ccccc4-6)cc3cn2)cc1. The van der Waals surface area contributed by atoms with Crippen molar-refractivity contribution in [3.05, 3.63) is 157 Å². The molecule has 6 aromatic carbocycles. The van der Waals surface area contributed by atoms with Crippen molar-refractivity contribution in [3.8, 4) is 33.5 Å². The molecule has 1 aliphatic rings. The summed E-state index contributed by atoms with van der Waals surface area (Å²) in [6, 6.07) is 49.3. The van der Waals surface area contributed by atoms with Gasteiger partial charge in [-0.2, -0.15) is 0 Å². The molecule has 0 fully saturated rings. The Labute approximate surface area is 249 Å². The summed E-state index contributed by atoms with van der Waals surface area (Å²) in [4.78, 5) is 4.78. The van der Waals surface area contributed by atoms with E-state index >= 15 is 0 Å². The van der Waals surface area contributed by atoms with E-state index in [0.717, 1.165) is 55.4 Å². The Balaban J connectivity index is 1.23. The van der Waals surface area contributed by atoms with Gasteiger partial charge in [0.2, 0.25) is 0 Å². The molecule has 0 radical (unpaired) electrons. The molecule has 8 aromatic rings. The van der Waals surface area contributed by atoms with Crippen LogP contribution in [-0.4, -0.2) is 4.98 Å². The zero-order valence-corrected chi connectivity index (χ0v) is 23.3. The smallest absolute Gasteiger partial charge is 0.143 e. The molecule has 3 nitrogen and oxygen atoms in total. The summed E-state index contributed by atoms with van der Waals surface area (Å²) in [5.74, 6) is 0. The maximum absolute atomic E-state index is 6.92. The van der Waals surface area contributed by atoms with Gasteiger partial charge in [0.15, 0.2) is 0 Å². The quantitative estimate of drug-likeness (QED) is 0.238. The molecule has 1 N–H and O–H groups in total. The van der Waals surface area contributed by atoms with Crippen LogP contribution in [0, 0.1) is 0 Å². The average Bonchev–Trinajstić information content (AvgIpc) is 3.47.